The molecule has 8 nitrogen and oxygen atoms in total. The number of benzene rings is 3. The van der Waals surface area contributed by atoms with Gasteiger partial charge < -0.3 is 19.7 Å². The second-order valence-corrected chi connectivity index (χ2v) is 9.42. The van der Waals surface area contributed by atoms with E-state index in [0.29, 0.717) is 37.4 Å². The lowest BCUT2D eigenvalue weighted by molar-refractivity contribution is -0.147. The number of amides is 2. The highest BCUT2D eigenvalue weighted by Crippen LogP contribution is 2.15. The lowest BCUT2D eigenvalue weighted by Gasteiger charge is -2.36. The van der Waals surface area contributed by atoms with Crippen molar-refractivity contribution >= 4 is 35.1 Å². The van der Waals surface area contributed by atoms with Crippen LogP contribution in [-0.4, -0.2) is 60.1 Å². The minimum atomic E-state index is -0.872. The average Bonchev–Trinajstić information content (AvgIpc) is 2.95. The van der Waals surface area contributed by atoms with Crippen LogP contribution in [0.1, 0.15) is 27.9 Å². The zero-order chi connectivity index (χ0) is 27.5. The molecule has 1 fully saturated rings. The quantitative estimate of drug-likeness (QED) is 0.298. The van der Waals surface area contributed by atoms with Crippen LogP contribution in [-0.2, 0) is 27.2 Å². The third-order valence-electron chi connectivity index (χ3n) is 6.27. The molecule has 0 spiro atoms. The van der Waals surface area contributed by atoms with E-state index in [9.17, 15) is 14.4 Å². The zero-order valence-corrected chi connectivity index (χ0v) is 22.3. The number of rotatable bonds is 10. The summed E-state index contributed by atoms with van der Waals surface area (Å²) in [4.78, 5) is 39.6. The van der Waals surface area contributed by atoms with Crippen LogP contribution in [0.2, 0.25) is 0 Å². The Hall–Kier alpha value is -4.24. The third kappa shape index (κ3) is 8.38. The van der Waals surface area contributed by atoms with Crippen molar-refractivity contribution < 1.29 is 23.9 Å². The fourth-order valence-electron chi connectivity index (χ4n) is 4.20. The molecule has 2 N–H and O–H groups in total. The number of hydrogen-bond donors (Lipinski definition) is 2. The van der Waals surface area contributed by atoms with Gasteiger partial charge in [-0.05, 0) is 41.5 Å². The molecule has 1 unspecified atom stereocenters. The smallest absolute Gasteiger partial charge is 0.308 e. The molecular weight excluding hydrogens is 514 g/mol. The van der Waals surface area contributed by atoms with E-state index in [2.05, 4.69) is 10.6 Å². The summed E-state index contributed by atoms with van der Waals surface area (Å²) >= 11 is 5.47. The number of piperazine rings is 1. The fraction of sp³-hybridized carbons (Fsp3) is 0.267. The van der Waals surface area contributed by atoms with E-state index in [1.165, 1.54) is 0 Å². The number of ether oxygens (including phenoxy) is 2. The second-order valence-electron chi connectivity index (χ2n) is 9.03. The van der Waals surface area contributed by atoms with Crippen molar-refractivity contribution in [2.45, 2.75) is 25.3 Å². The van der Waals surface area contributed by atoms with E-state index < -0.39 is 17.9 Å². The molecule has 0 aliphatic carbocycles. The molecule has 39 heavy (non-hydrogen) atoms. The van der Waals surface area contributed by atoms with Gasteiger partial charge in [0.1, 0.15) is 11.8 Å². The largest absolute Gasteiger partial charge is 0.493 e. The third-order valence-corrected chi connectivity index (χ3v) is 6.60. The summed E-state index contributed by atoms with van der Waals surface area (Å²) in [5.41, 5.74) is 2.58. The van der Waals surface area contributed by atoms with Crippen molar-refractivity contribution in [2.24, 2.45) is 0 Å². The van der Waals surface area contributed by atoms with Gasteiger partial charge in [-0.3, -0.25) is 19.7 Å². The van der Waals surface area contributed by atoms with Crippen molar-refractivity contribution in [3.8, 4) is 5.75 Å². The van der Waals surface area contributed by atoms with Gasteiger partial charge >= 0.3 is 5.97 Å². The van der Waals surface area contributed by atoms with Gasteiger partial charge in [-0.1, -0.05) is 66.7 Å². The molecule has 1 saturated heterocycles. The maximum absolute atomic E-state index is 13.0. The maximum Gasteiger partial charge on any atom is 0.308 e. The van der Waals surface area contributed by atoms with Crippen LogP contribution in [0, 0.1) is 0 Å². The molecule has 0 bridgehead atoms. The summed E-state index contributed by atoms with van der Waals surface area (Å²) in [6.45, 7) is 1.39. The number of thiocarbonyl (C=S) groups is 1. The van der Waals surface area contributed by atoms with Crippen LogP contribution >= 0.6 is 12.2 Å². The first kappa shape index (κ1) is 27.8. The number of nitrogens with one attached hydrogen (secondary N) is 2. The monoisotopic (exact) mass is 545 g/mol. The van der Waals surface area contributed by atoms with Crippen LogP contribution in [0.15, 0.2) is 84.9 Å². The fourth-order valence-corrected chi connectivity index (χ4v) is 4.52. The first-order valence-electron chi connectivity index (χ1n) is 12.9. The lowest BCUT2D eigenvalue weighted by Crippen LogP contribution is -2.60. The molecule has 0 aromatic heterocycles. The highest BCUT2D eigenvalue weighted by molar-refractivity contribution is 7.80. The number of nitrogens with zero attached hydrogens (tertiary/aromatic N) is 1. The summed E-state index contributed by atoms with van der Waals surface area (Å²) in [6, 6.07) is 25.6. The van der Waals surface area contributed by atoms with Crippen LogP contribution in [0.25, 0.3) is 0 Å². The van der Waals surface area contributed by atoms with E-state index in [4.69, 9.17) is 21.7 Å². The van der Waals surface area contributed by atoms with Gasteiger partial charge in [0, 0.05) is 31.5 Å². The maximum atomic E-state index is 13.0. The zero-order valence-electron chi connectivity index (χ0n) is 21.5. The first-order chi connectivity index (χ1) is 19.0. The molecule has 0 radical (unpaired) electrons. The summed E-state index contributed by atoms with van der Waals surface area (Å²) in [7, 11) is 0. The first-order valence-corrected chi connectivity index (χ1v) is 13.3. The highest BCUT2D eigenvalue weighted by Gasteiger charge is 2.34. The molecule has 3 aromatic rings. The van der Waals surface area contributed by atoms with Crippen LogP contribution in [0.5, 0.6) is 5.75 Å². The molecule has 4 rings (SSSR count). The van der Waals surface area contributed by atoms with Crippen LogP contribution in [0.3, 0.4) is 0 Å². The molecule has 3 aromatic carbocycles. The molecule has 1 atom stereocenters. The average molecular weight is 546 g/mol. The predicted octanol–water partition coefficient (Wildman–Crippen LogP) is 3.30. The molecule has 1 aliphatic rings. The second kappa shape index (κ2) is 14.1. The van der Waals surface area contributed by atoms with Gasteiger partial charge in [0.2, 0.25) is 5.91 Å². The number of hydrogen-bond acceptors (Lipinski definition) is 6. The normalized spacial score (nSPS) is 14.7. The van der Waals surface area contributed by atoms with Gasteiger partial charge in [0.05, 0.1) is 19.6 Å². The van der Waals surface area contributed by atoms with Crippen molar-refractivity contribution in [1.29, 1.82) is 0 Å². The van der Waals surface area contributed by atoms with Crippen molar-refractivity contribution in [3.63, 3.8) is 0 Å². The summed E-state index contributed by atoms with van der Waals surface area (Å²) in [6.07, 6.45) is 1.15. The molecular formula is C30H31N3O5S. The summed E-state index contributed by atoms with van der Waals surface area (Å²) in [5.74, 6) is -0.708. The van der Waals surface area contributed by atoms with E-state index in [1.54, 1.807) is 29.2 Å². The lowest BCUT2D eigenvalue weighted by atomic mass is 10.1. The summed E-state index contributed by atoms with van der Waals surface area (Å²) in [5, 5.41) is 5.52. The Bertz CT molecular complexity index is 1290. The summed E-state index contributed by atoms with van der Waals surface area (Å²) < 4.78 is 11.2. The van der Waals surface area contributed by atoms with E-state index in [0.717, 1.165) is 17.5 Å². The van der Waals surface area contributed by atoms with E-state index in [1.807, 2.05) is 60.7 Å². The van der Waals surface area contributed by atoms with Gasteiger partial charge in [-0.2, -0.15) is 0 Å². The topological polar surface area (TPSA) is 97.0 Å². The van der Waals surface area contributed by atoms with Crippen LogP contribution < -0.4 is 15.4 Å². The molecule has 0 saturated carbocycles. The minimum Gasteiger partial charge on any atom is -0.493 e. The van der Waals surface area contributed by atoms with Crippen molar-refractivity contribution in [1.82, 2.24) is 15.5 Å². The Morgan fingerprint density at radius 3 is 2.28 bits per heavy atom. The standard InChI is InChI=1S/C30H31N3O5S/c34-27(38-19-15-23-10-5-2-6-11-23)21-26-29(36)31-16-17-33(26)30(39)32-28(35)24-12-7-13-25(20-24)37-18-14-22-8-3-1-4-9-22/h1-13,20,26H,14-19,21H2,(H,31,36)(H,32,35,39). The van der Waals surface area contributed by atoms with E-state index in [-0.39, 0.29) is 24.0 Å². The number of esters is 1. The van der Waals surface area contributed by atoms with Crippen molar-refractivity contribution in [3.05, 3.63) is 102 Å². The van der Waals surface area contributed by atoms with Gasteiger partial charge in [-0.25, -0.2) is 0 Å². The van der Waals surface area contributed by atoms with Gasteiger partial charge in [0.25, 0.3) is 5.91 Å². The van der Waals surface area contributed by atoms with E-state index >= 15 is 0 Å². The van der Waals surface area contributed by atoms with Gasteiger partial charge in [0.15, 0.2) is 5.11 Å². The molecule has 9 heteroatoms. The van der Waals surface area contributed by atoms with Crippen molar-refractivity contribution in [2.75, 3.05) is 26.3 Å². The number of carbonyl (C=O) groups is 3. The van der Waals surface area contributed by atoms with Gasteiger partial charge in [-0.15, -0.1) is 0 Å². The Balaban J connectivity index is 1.29. The Morgan fingerprint density at radius 2 is 1.59 bits per heavy atom. The minimum absolute atomic E-state index is 0.0762. The Labute approximate surface area is 233 Å². The number of carbonyl (C=O) groups excluding carboxylic acids is 3. The molecule has 2 amide bonds. The predicted molar refractivity (Wildman–Crippen MR) is 151 cm³/mol. The molecule has 202 valence electrons. The molecule has 1 aliphatic heterocycles. The SMILES string of the molecule is O=C(CC1C(=O)NCCN1C(=S)NC(=O)c1cccc(OCCc2ccccc2)c1)OCCc1ccccc1. The molecule has 1 heterocycles. The Morgan fingerprint density at radius 1 is 0.923 bits per heavy atom. The highest BCUT2D eigenvalue weighted by atomic mass is 32.1. The Kier molecular flexibility index (Phi) is 10.0. The van der Waals surface area contributed by atoms with Crippen LogP contribution in [0.4, 0.5) is 0 Å².